The quantitative estimate of drug-likeness (QED) is 0.283. The highest BCUT2D eigenvalue weighted by Gasteiger charge is 2.46. The van der Waals surface area contributed by atoms with Gasteiger partial charge in [-0.1, -0.05) is 97.7 Å². The van der Waals surface area contributed by atoms with Crippen LogP contribution in [0.15, 0.2) is 106 Å². The predicted octanol–water partition coefficient (Wildman–Crippen LogP) is 6.36. The SMILES string of the molecule is [B]CCCc1ccc(-c2oc3c4c(ccc3c(=O)c2O)OC(c2ccccc2)(c2ccccc2)O4)cc1. The summed E-state index contributed by atoms with van der Waals surface area (Å²) in [4.78, 5) is 13.2. The van der Waals surface area contributed by atoms with Crippen LogP contribution in [-0.4, -0.2) is 13.0 Å². The molecule has 0 saturated heterocycles. The van der Waals surface area contributed by atoms with Crippen LogP contribution in [0, 0.1) is 0 Å². The van der Waals surface area contributed by atoms with Crippen LogP contribution in [0.5, 0.6) is 17.2 Å². The molecule has 1 aromatic heterocycles. The van der Waals surface area contributed by atoms with E-state index in [0.717, 1.165) is 29.5 Å². The fraction of sp³-hybridized carbons (Fsp3) is 0.129. The number of hydrogen-bond donors (Lipinski definition) is 1. The first-order chi connectivity index (χ1) is 18.1. The molecule has 37 heavy (non-hydrogen) atoms. The predicted molar refractivity (Wildman–Crippen MR) is 143 cm³/mol. The van der Waals surface area contributed by atoms with Crippen molar-refractivity contribution in [3.8, 4) is 28.6 Å². The molecule has 2 radical (unpaired) electrons. The molecule has 0 spiro atoms. The standard InChI is InChI=1S/C31H23BO5/c32-19-7-8-20-13-15-21(16-14-20)28-27(34)26(33)24-17-18-25-30(29(24)35-28)37-31(36-25,22-9-3-1-4-10-22)23-11-5-2-6-12-23/h1-6,9-18,34H,7-8,19H2. The topological polar surface area (TPSA) is 68.9 Å². The minimum Gasteiger partial charge on any atom is -0.502 e. The van der Waals surface area contributed by atoms with E-state index in [9.17, 15) is 9.90 Å². The molecule has 0 fully saturated rings. The van der Waals surface area contributed by atoms with Crippen LogP contribution in [0.25, 0.3) is 22.3 Å². The lowest BCUT2D eigenvalue weighted by molar-refractivity contribution is -0.0456. The number of benzene rings is 4. The number of hydrogen-bond acceptors (Lipinski definition) is 5. The van der Waals surface area contributed by atoms with Crippen molar-refractivity contribution < 1.29 is 19.0 Å². The third-order valence-corrected chi connectivity index (χ3v) is 6.65. The fourth-order valence-electron chi connectivity index (χ4n) is 4.74. The Labute approximate surface area is 215 Å². The third-order valence-electron chi connectivity index (χ3n) is 6.65. The van der Waals surface area contributed by atoms with E-state index < -0.39 is 17.0 Å². The zero-order valence-electron chi connectivity index (χ0n) is 20.0. The summed E-state index contributed by atoms with van der Waals surface area (Å²) in [5, 5.41) is 11.0. The van der Waals surface area contributed by atoms with Crippen molar-refractivity contribution in [3.05, 3.63) is 124 Å². The molecule has 0 saturated carbocycles. The molecule has 0 aliphatic carbocycles. The number of rotatable bonds is 6. The normalized spacial score (nSPS) is 13.6. The van der Waals surface area contributed by atoms with E-state index in [0.29, 0.717) is 23.4 Å². The molecule has 0 amide bonds. The van der Waals surface area contributed by atoms with Crippen LogP contribution in [0.2, 0.25) is 6.32 Å². The second-order valence-corrected chi connectivity index (χ2v) is 9.02. The minimum absolute atomic E-state index is 0.0804. The summed E-state index contributed by atoms with van der Waals surface area (Å²) in [5.74, 6) is -0.879. The van der Waals surface area contributed by atoms with Gasteiger partial charge in [0.2, 0.25) is 16.9 Å². The lowest BCUT2D eigenvalue weighted by Gasteiger charge is -2.28. The Kier molecular flexibility index (Phi) is 5.72. The summed E-state index contributed by atoms with van der Waals surface area (Å²) in [6.07, 6.45) is 2.34. The highest BCUT2D eigenvalue weighted by Crippen LogP contribution is 2.51. The lowest BCUT2D eigenvalue weighted by Crippen LogP contribution is -2.36. The average Bonchev–Trinajstić information content (AvgIpc) is 3.36. The van der Waals surface area contributed by atoms with E-state index in [1.165, 1.54) is 0 Å². The van der Waals surface area contributed by atoms with E-state index in [1.54, 1.807) is 12.1 Å². The number of aromatic hydroxyl groups is 1. The molecule has 1 N–H and O–H groups in total. The molecule has 6 heteroatoms. The minimum atomic E-state index is -1.26. The Balaban J connectivity index is 1.51. The Morgan fingerprint density at radius 2 is 1.43 bits per heavy atom. The van der Waals surface area contributed by atoms with Gasteiger partial charge in [-0.15, -0.1) is 0 Å². The first-order valence-corrected chi connectivity index (χ1v) is 12.2. The maximum atomic E-state index is 13.2. The molecule has 180 valence electrons. The third kappa shape index (κ3) is 3.86. The average molecular weight is 486 g/mol. The Morgan fingerprint density at radius 3 is 2.05 bits per heavy atom. The molecule has 0 atom stereocenters. The van der Waals surface area contributed by atoms with Gasteiger partial charge in [-0.2, -0.15) is 0 Å². The molecule has 6 rings (SSSR count). The molecule has 5 nitrogen and oxygen atoms in total. The molecule has 0 unspecified atom stereocenters. The van der Waals surface area contributed by atoms with Gasteiger partial charge in [0.05, 0.1) is 13.2 Å². The number of fused-ring (bicyclic) bond motifs is 3. The van der Waals surface area contributed by atoms with Crippen LogP contribution in [0.3, 0.4) is 0 Å². The van der Waals surface area contributed by atoms with Gasteiger partial charge in [-0.25, -0.2) is 0 Å². The van der Waals surface area contributed by atoms with Crippen molar-refractivity contribution in [1.29, 1.82) is 0 Å². The fourth-order valence-corrected chi connectivity index (χ4v) is 4.74. The van der Waals surface area contributed by atoms with Gasteiger partial charge in [0.15, 0.2) is 17.1 Å². The molecular weight excluding hydrogens is 463 g/mol. The summed E-state index contributed by atoms with van der Waals surface area (Å²) < 4.78 is 19.3. The maximum Gasteiger partial charge on any atom is 0.305 e. The Hall–Kier alpha value is -4.45. The smallest absolute Gasteiger partial charge is 0.305 e. The van der Waals surface area contributed by atoms with Crippen molar-refractivity contribution in [3.63, 3.8) is 0 Å². The van der Waals surface area contributed by atoms with Crippen LogP contribution < -0.4 is 14.9 Å². The summed E-state index contributed by atoms with van der Waals surface area (Å²) >= 11 is 0. The van der Waals surface area contributed by atoms with E-state index in [4.69, 9.17) is 21.7 Å². The van der Waals surface area contributed by atoms with Crippen molar-refractivity contribution >= 4 is 18.8 Å². The highest BCUT2D eigenvalue weighted by atomic mass is 16.7. The first-order valence-electron chi connectivity index (χ1n) is 12.2. The largest absolute Gasteiger partial charge is 0.502 e. The lowest BCUT2D eigenvalue weighted by atomic mass is 9.97. The van der Waals surface area contributed by atoms with Crippen molar-refractivity contribution in [2.24, 2.45) is 0 Å². The summed E-state index contributed by atoms with van der Waals surface area (Å²) in [6, 6.07) is 30.1. The highest BCUT2D eigenvalue weighted by molar-refractivity contribution is 6.08. The van der Waals surface area contributed by atoms with E-state index >= 15 is 0 Å². The van der Waals surface area contributed by atoms with Crippen LogP contribution >= 0.6 is 0 Å². The van der Waals surface area contributed by atoms with Gasteiger partial charge < -0.3 is 19.0 Å². The van der Waals surface area contributed by atoms with Crippen molar-refractivity contribution in [2.45, 2.75) is 24.9 Å². The first kappa shape index (κ1) is 23.0. The van der Waals surface area contributed by atoms with E-state index in [1.807, 2.05) is 84.9 Å². The van der Waals surface area contributed by atoms with Crippen LogP contribution in [-0.2, 0) is 12.2 Å². The number of ether oxygens (including phenoxy) is 2. The van der Waals surface area contributed by atoms with Crippen molar-refractivity contribution in [1.82, 2.24) is 0 Å². The van der Waals surface area contributed by atoms with E-state index in [-0.39, 0.29) is 16.7 Å². The van der Waals surface area contributed by atoms with Gasteiger partial charge in [0.1, 0.15) is 0 Å². The molecule has 2 heterocycles. The maximum absolute atomic E-state index is 13.2. The second kappa shape index (κ2) is 9.21. The van der Waals surface area contributed by atoms with Gasteiger partial charge in [-0.05, 0) is 24.1 Å². The van der Waals surface area contributed by atoms with Crippen LogP contribution in [0.1, 0.15) is 23.1 Å². The zero-order valence-corrected chi connectivity index (χ0v) is 20.0. The molecular formula is C31H23BO5. The summed E-state index contributed by atoms with van der Waals surface area (Å²) in [5.41, 5.74) is 2.97. The zero-order chi connectivity index (χ0) is 25.4. The van der Waals surface area contributed by atoms with Crippen molar-refractivity contribution in [2.75, 3.05) is 0 Å². The monoisotopic (exact) mass is 486 g/mol. The molecule has 4 aromatic carbocycles. The van der Waals surface area contributed by atoms with Gasteiger partial charge >= 0.3 is 5.79 Å². The van der Waals surface area contributed by atoms with Gasteiger partial charge in [-0.3, -0.25) is 4.79 Å². The molecule has 0 bridgehead atoms. The molecule has 1 aliphatic rings. The van der Waals surface area contributed by atoms with Gasteiger partial charge in [0.25, 0.3) is 0 Å². The van der Waals surface area contributed by atoms with E-state index in [2.05, 4.69) is 0 Å². The second-order valence-electron chi connectivity index (χ2n) is 9.02. The summed E-state index contributed by atoms with van der Waals surface area (Å²) in [6.45, 7) is 0. The van der Waals surface area contributed by atoms with Gasteiger partial charge in [0, 0.05) is 16.7 Å². The Bertz CT molecular complexity index is 1590. The number of aryl methyl sites for hydroxylation is 1. The summed E-state index contributed by atoms with van der Waals surface area (Å²) in [7, 11) is 5.62. The Morgan fingerprint density at radius 1 is 0.784 bits per heavy atom. The molecule has 5 aromatic rings. The van der Waals surface area contributed by atoms with Crippen LogP contribution in [0.4, 0.5) is 0 Å². The molecule has 1 aliphatic heterocycles.